The SMILES string of the molecule is COc1ccc(NC(=S)N(Cc2ccncc2)C2CCCCC2)cc1. The first kappa shape index (κ1) is 17.7. The van der Waals surface area contributed by atoms with Crippen molar-refractivity contribution in [1.82, 2.24) is 9.88 Å². The highest BCUT2D eigenvalue weighted by molar-refractivity contribution is 7.80. The molecule has 132 valence electrons. The van der Waals surface area contributed by atoms with Crippen LogP contribution in [0.25, 0.3) is 0 Å². The zero-order valence-corrected chi connectivity index (χ0v) is 15.5. The van der Waals surface area contributed by atoms with Crippen LogP contribution < -0.4 is 10.1 Å². The third kappa shape index (κ3) is 4.92. The number of pyridine rings is 1. The second kappa shape index (κ2) is 8.81. The van der Waals surface area contributed by atoms with Crippen LogP contribution in [0.1, 0.15) is 37.7 Å². The van der Waals surface area contributed by atoms with Crippen LogP contribution >= 0.6 is 12.2 Å². The molecule has 0 radical (unpaired) electrons. The molecule has 5 heteroatoms. The number of nitrogens with zero attached hydrogens (tertiary/aromatic N) is 2. The zero-order chi connectivity index (χ0) is 17.5. The van der Waals surface area contributed by atoms with Gasteiger partial charge in [0.1, 0.15) is 5.75 Å². The van der Waals surface area contributed by atoms with Crippen molar-refractivity contribution in [3.05, 3.63) is 54.4 Å². The number of rotatable bonds is 5. The van der Waals surface area contributed by atoms with Crippen molar-refractivity contribution in [2.24, 2.45) is 0 Å². The van der Waals surface area contributed by atoms with E-state index < -0.39 is 0 Å². The van der Waals surface area contributed by atoms with Crippen LogP contribution in [-0.2, 0) is 6.54 Å². The number of benzene rings is 1. The lowest BCUT2D eigenvalue weighted by Crippen LogP contribution is -2.43. The Hall–Kier alpha value is -2.14. The molecule has 0 bridgehead atoms. The molecule has 1 aliphatic carbocycles. The van der Waals surface area contributed by atoms with Gasteiger partial charge in [-0.25, -0.2) is 0 Å². The molecule has 4 nitrogen and oxygen atoms in total. The molecule has 2 aromatic rings. The van der Waals surface area contributed by atoms with Gasteiger partial charge in [-0.1, -0.05) is 19.3 Å². The Kier molecular flexibility index (Phi) is 6.23. The molecular weight excluding hydrogens is 330 g/mol. The van der Waals surface area contributed by atoms with E-state index in [1.54, 1.807) is 7.11 Å². The van der Waals surface area contributed by atoms with Crippen molar-refractivity contribution in [2.45, 2.75) is 44.7 Å². The van der Waals surface area contributed by atoms with E-state index in [2.05, 4.69) is 27.3 Å². The van der Waals surface area contributed by atoms with E-state index in [9.17, 15) is 0 Å². The fraction of sp³-hybridized carbons (Fsp3) is 0.400. The highest BCUT2D eigenvalue weighted by Gasteiger charge is 2.23. The molecule has 1 aliphatic rings. The van der Waals surface area contributed by atoms with E-state index >= 15 is 0 Å². The summed E-state index contributed by atoms with van der Waals surface area (Å²) in [5.41, 5.74) is 2.22. The maximum Gasteiger partial charge on any atom is 0.173 e. The minimum Gasteiger partial charge on any atom is -0.497 e. The van der Waals surface area contributed by atoms with Crippen LogP contribution in [0.4, 0.5) is 5.69 Å². The van der Waals surface area contributed by atoms with Gasteiger partial charge in [0.15, 0.2) is 5.11 Å². The van der Waals surface area contributed by atoms with E-state index in [4.69, 9.17) is 17.0 Å². The summed E-state index contributed by atoms with van der Waals surface area (Å²) in [5.74, 6) is 0.845. The summed E-state index contributed by atoms with van der Waals surface area (Å²) >= 11 is 5.77. The Bertz CT molecular complexity index is 669. The van der Waals surface area contributed by atoms with Gasteiger partial charge in [0.25, 0.3) is 0 Å². The molecule has 0 spiro atoms. The van der Waals surface area contributed by atoms with Gasteiger partial charge in [-0.2, -0.15) is 0 Å². The third-order valence-corrected chi connectivity index (χ3v) is 5.06. The Morgan fingerprint density at radius 1 is 1.12 bits per heavy atom. The molecule has 25 heavy (non-hydrogen) atoms. The number of hydrogen-bond acceptors (Lipinski definition) is 3. The second-order valence-electron chi connectivity index (χ2n) is 6.43. The highest BCUT2D eigenvalue weighted by atomic mass is 32.1. The number of nitrogens with one attached hydrogen (secondary N) is 1. The van der Waals surface area contributed by atoms with Crippen molar-refractivity contribution in [3.63, 3.8) is 0 Å². The first-order valence-corrected chi connectivity index (χ1v) is 9.27. The zero-order valence-electron chi connectivity index (χ0n) is 14.6. The molecule has 0 saturated heterocycles. The number of methoxy groups -OCH3 is 1. The first-order valence-electron chi connectivity index (χ1n) is 8.87. The molecule has 0 aliphatic heterocycles. The van der Waals surface area contributed by atoms with Crippen LogP contribution in [-0.4, -0.2) is 28.1 Å². The van der Waals surface area contributed by atoms with Gasteiger partial charge in [-0.05, 0) is 67.0 Å². The molecule has 3 rings (SSSR count). The smallest absolute Gasteiger partial charge is 0.173 e. The van der Waals surface area contributed by atoms with E-state index in [-0.39, 0.29) is 0 Å². The van der Waals surface area contributed by atoms with Crippen LogP contribution in [0.3, 0.4) is 0 Å². The molecular formula is C20H25N3OS. The fourth-order valence-electron chi connectivity index (χ4n) is 3.31. The van der Waals surface area contributed by atoms with E-state index in [1.807, 2.05) is 36.7 Å². The van der Waals surface area contributed by atoms with Crippen LogP contribution in [0.15, 0.2) is 48.8 Å². The number of anilines is 1. The predicted molar refractivity (Wildman–Crippen MR) is 106 cm³/mol. The minimum absolute atomic E-state index is 0.500. The lowest BCUT2D eigenvalue weighted by molar-refractivity contribution is 0.240. The van der Waals surface area contributed by atoms with Gasteiger partial charge in [-0.15, -0.1) is 0 Å². The summed E-state index contributed by atoms with van der Waals surface area (Å²) in [6.45, 7) is 0.815. The molecule has 1 aromatic carbocycles. The molecule has 1 saturated carbocycles. The lowest BCUT2D eigenvalue weighted by atomic mass is 9.94. The molecule has 1 fully saturated rings. The average Bonchev–Trinajstić information content (AvgIpc) is 2.68. The van der Waals surface area contributed by atoms with Gasteiger partial charge in [0, 0.05) is 30.7 Å². The fourth-order valence-corrected chi connectivity index (χ4v) is 3.65. The monoisotopic (exact) mass is 355 g/mol. The van der Waals surface area contributed by atoms with Crippen molar-refractivity contribution in [3.8, 4) is 5.75 Å². The predicted octanol–water partition coefficient (Wildman–Crippen LogP) is 4.62. The number of aromatic nitrogens is 1. The Morgan fingerprint density at radius 3 is 2.44 bits per heavy atom. The maximum absolute atomic E-state index is 5.77. The normalized spacial score (nSPS) is 14.8. The minimum atomic E-state index is 0.500. The molecule has 0 unspecified atom stereocenters. The topological polar surface area (TPSA) is 37.4 Å². The summed E-state index contributed by atoms with van der Waals surface area (Å²) in [5, 5.41) is 4.18. The van der Waals surface area contributed by atoms with Crippen molar-refractivity contribution in [1.29, 1.82) is 0 Å². The number of thiocarbonyl (C=S) groups is 1. The quantitative estimate of drug-likeness (QED) is 0.792. The number of ether oxygens (including phenoxy) is 1. The lowest BCUT2D eigenvalue weighted by Gasteiger charge is -2.36. The summed E-state index contributed by atoms with van der Waals surface area (Å²) in [6.07, 6.45) is 9.98. The summed E-state index contributed by atoms with van der Waals surface area (Å²) in [7, 11) is 1.67. The van der Waals surface area contributed by atoms with Crippen LogP contribution in [0.2, 0.25) is 0 Å². The molecule has 1 N–H and O–H groups in total. The van der Waals surface area contributed by atoms with Gasteiger partial charge in [0.2, 0.25) is 0 Å². The maximum atomic E-state index is 5.77. The van der Waals surface area contributed by atoms with Gasteiger partial charge in [-0.3, -0.25) is 4.98 Å². The molecule has 0 atom stereocenters. The molecule has 1 heterocycles. The van der Waals surface area contributed by atoms with E-state index in [0.717, 1.165) is 23.1 Å². The number of hydrogen-bond donors (Lipinski definition) is 1. The van der Waals surface area contributed by atoms with Gasteiger partial charge >= 0.3 is 0 Å². The Balaban J connectivity index is 1.73. The Labute approximate surface area is 155 Å². The standard InChI is InChI=1S/C20H25N3OS/c1-24-19-9-7-17(8-10-19)22-20(25)23(18-5-3-2-4-6-18)15-16-11-13-21-14-12-16/h7-14,18H,2-6,15H2,1H3,(H,22,25). The molecule has 0 amide bonds. The summed E-state index contributed by atoms with van der Waals surface area (Å²) < 4.78 is 5.22. The van der Waals surface area contributed by atoms with Crippen molar-refractivity contribution in [2.75, 3.05) is 12.4 Å². The molecule has 1 aromatic heterocycles. The van der Waals surface area contributed by atoms with Crippen LogP contribution in [0.5, 0.6) is 5.75 Å². The first-order chi connectivity index (χ1) is 12.3. The van der Waals surface area contributed by atoms with Gasteiger partial charge in [0.05, 0.1) is 7.11 Å². The highest BCUT2D eigenvalue weighted by Crippen LogP contribution is 2.25. The van der Waals surface area contributed by atoms with Crippen molar-refractivity contribution >= 4 is 23.0 Å². The van der Waals surface area contributed by atoms with Crippen molar-refractivity contribution < 1.29 is 4.74 Å². The third-order valence-electron chi connectivity index (χ3n) is 4.72. The summed E-state index contributed by atoms with van der Waals surface area (Å²) in [6, 6.07) is 12.5. The average molecular weight is 356 g/mol. The van der Waals surface area contributed by atoms with E-state index in [0.29, 0.717) is 6.04 Å². The van der Waals surface area contributed by atoms with Crippen LogP contribution in [0, 0.1) is 0 Å². The van der Waals surface area contributed by atoms with Gasteiger partial charge < -0.3 is 15.0 Å². The second-order valence-corrected chi connectivity index (χ2v) is 6.82. The Morgan fingerprint density at radius 2 is 1.80 bits per heavy atom. The largest absolute Gasteiger partial charge is 0.497 e. The summed E-state index contributed by atoms with van der Waals surface area (Å²) in [4.78, 5) is 6.46. The van der Waals surface area contributed by atoms with E-state index in [1.165, 1.54) is 37.7 Å².